The van der Waals surface area contributed by atoms with Crippen LogP contribution in [0.5, 0.6) is 0 Å². The van der Waals surface area contributed by atoms with Crippen molar-refractivity contribution in [2.75, 3.05) is 17.7 Å². The summed E-state index contributed by atoms with van der Waals surface area (Å²) in [5, 5.41) is 16.6. The van der Waals surface area contributed by atoms with Crippen molar-refractivity contribution >= 4 is 22.7 Å². The van der Waals surface area contributed by atoms with Crippen molar-refractivity contribution in [3.8, 4) is 0 Å². The van der Waals surface area contributed by atoms with Crippen LogP contribution in [0.3, 0.4) is 0 Å². The monoisotopic (exact) mass is 261 g/mol. The summed E-state index contributed by atoms with van der Waals surface area (Å²) in [7, 11) is 1.67. The van der Waals surface area contributed by atoms with Gasteiger partial charge in [0.1, 0.15) is 5.82 Å². The summed E-state index contributed by atoms with van der Waals surface area (Å²) in [5.41, 5.74) is 1.62. The van der Waals surface area contributed by atoms with Gasteiger partial charge in [0, 0.05) is 36.2 Å². The Balaban J connectivity index is 2.34. The quantitative estimate of drug-likeness (QED) is 0.652. The number of anilines is 3. The van der Waals surface area contributed by atoms with Gasteiger partial charge in [0.2, 0.25) is 0 Å². The van der Waals surface area contributed by atoms with Crippen molar-refractivity contribution in [3.63, 3.8) is 0 Å². The zero-order valence-electron chi connectivity index (χ0n) is 10.2. The molecule has 0 heterocycles. The van der Waals surface area contributed by atoms with E-state index in [1.54, 1.807) is 25.2 Å². The smallest absolute Gasteiger partial charge is 0.273 e. The van der Waals surface area contributed by atoms with E-state index in [0.717, 1.165) is 0 Å². The fourth-order valence-corrected chi connectivity index (χ4v) is 1.67. The van der Waals surface area contributed by atoms with Gasteiger partial charge in [-0.05, 0) is 24.3 Å². The molecule has 0 aromatic heterocycles. The van der Waals surface area contributed by atoms with E-state index in [4.69, 9.17) is 0 Å². The van der Waals surface area contributed by atoms with E-state index in [1.807, 2.05) is 0 Å². The first-order valence-corrected chi connectivity index (χ1v) is 5.58. The van der Waals surface area contributed by atoms with Gasteiger partial charge in [-0.3, -0.25) is 10.1 Å². The molecule has 0 saturated carbocycles. The molecule has 2 aromatic rings. The van der Waals surface area contributed by atoms with Gasteiger partial charge in [-0.2, -0.15) is 0 Å². The van der Waals surface area contributed by atoms with Crippen molar-refractivity contribution in [2.24, 2.45) is 0 Å². The number of halogens is 1. The summed E-state index contributed by atoms with van der Waals surface area (Å²) in [6.07, 6.45) is 0. The molecule has 6 heteroatoms. The Morgan fingerprint density at radius 2 is 1.84 bits per heavy atom. The maximum Gasteiger partial charge on any atom is 0.273 e. The first-order chi connectivity index (χ1) is 9.08. The fourth-order valence-electron chi connectivity index (χ4n) is 1.67. The molecule has 98 valence electrons. The van der Waals surface area contributed by atoms with Gasteiger partial charge in [0.15, 0.2) is 0 Å². The number of nitrogens with zero attached hydrogens (tertiary/aromatic N) is 1. The van der Waals surface area contributed by atoms with Crippen molar-refractivity contribution < 1.29 is 9.31 Å². The van der Waals surface area contributed by atoms with Gasteiger partial charge < -0.3 is 10.6 Å². The molecule has 0 aliphatic heterocycles. The summed E-state index contributed by atoms with van der Waals surface area (Å²) in [6, 6.07) is 10.4. The number of hydrogen-bond acceptors (Lipinski definition) is 4. The summed E-state index contributed by atoms with van der Waals surface area (Å²) in [4.78, 5) is 10.3. The number of nitro benzene ring substituents is 1. The minimum Gasteiger partial charge on any atom is -0.388 e. The maximum atomic E-state index is 13.1. The van der Waals surface area contributed by atoms with Crippen LogP contribution in [0.15, 0.2) is 42.5 Å². The van der Waals surface area contributed by atoms with Gasteiger partial charge in [-0.1, -0.05) is 6.07 Å². The molecule has 0 amide bonds. The van der Waals surface area contributed by atoms with Crippen molar-refractivity contribution in [1.29, 1.82) is 0 Å². The molecule has 2 N–H and O–H groups in total. The standard InChI is InChI=1S/C13H12FN3O2/c1-15-11-6-12(8-13(7-11)17(18)19)16-10-4-2-3-9(14)5-10/h2-8,15-16H,1H3. The van der Waals surface area contributed by atoms with E-state index in [9.17, 15) is 14.5 Å². The predicted octanol–water partition coefficient (Wildman–Crippen LogP) is 3.52. The van der Waals surface area contributed by atoms with Crippen molar-refractivity contribution in [1.82, 2.24) is 0 Å². The molecule has 0 radical (unpaired) electrons. The van der Waals surface area contributed by atoms with E-state index < -0.39 is 4.92 Å². The third kappa shape index (κ3) is 3.19. The Hall–Kier alpha value is -2.63. The third-order valence-corrected chi connectivity index (χ3v) is 2.53. The average molecular weight is 261 g/mol. The number of nitro groups is 1. The summed E-state index contributed by atoms with van der Waals surface area (Å²) in [5.74, 6) is -0.371. The molecule has 2 aromatic carbocycles. The van der Waals surface area contributed by atoms with Crippen LogP contribution in [-0.4, -0.2) is 12.0 Å². The Bertz CT molecular complexity index is 617. The maximum absolute atomic E-state index is 13.1. The summed E-state index contributed by atoms with van der Waals surface area (Å²) < 4.78 is 13.1. The molecule has 0 fully saturated rings. The molecule has 0 unspecified atom stereocenters. The van der Waals surface area contributed by atoms with E-state index in [0.29, 0.717) is 17.1 Å². The average Bonchev–Trinajstić information content (AvgIpc) is 2.38. The van der Waals surface area contributed by atoms with Crippen LogP contribution in [0.4, 0.5) is 27.1 Å². The topological polar surface area (TPSA) is 67.2 Å². The molecule has 0 spiro atoms. The minimum atomic E-state index is -0.475. The second kappa shape index (κ2) is 5.34. The van der Waals surface area contributed by atoms with E-state index in [-0.39, 0.29) is 11.5 Å². The first-order valence-electron chi connectivity index (χ1n) is 5.58. The van der Waals surface area contributed by atoms with Crippen molar-refractivity contribution in [3.05, 3.63) is 58.4 Å². The third-order valence-electron chi connectivity index (χ3n) is 2.53. The Morgan fingerprint density at radius 1 is 1.11 bits per heavy atom. The number of nitrogens with one attached hydrogen (secondary N) is 2. The largest absolute Gasteiger partial charge is 0.388 e. The van der Waals surface area contributed by atoms with Crippen LogP contribution < -0.4 is 10.6 Å². The van der Waals surface area contributed by atoms with Crippen LogP contribution in [0, 0.1) is 15.9 Å². The van der Waals surface area contributed by atoms with Crippen LogP contribution >= 0.6 is 0 Å². The molecule has 0 saturated heterocycles. The molecule has 0 aliphatic rings. The number of benzene rings is 2. The van der Waals surface area contributed by atoms with E-state index in [2.05, 4.69) is 10.6 Å². The number of hydrogen-bond donors (Lipinski definition) is 2. The van der Waals surface area contributed by atoms with Crippen LogP contribution in [0.25, 0.3) is 0 Å². The Kier molecular flexibility index (Phi) is 3.61. The molecule has 0 atom stereocenters. The lowest BCUT2D eigenvalue weighted by atomic mass is 10.2. The molecule has 0 aliphatic carbocycles. The van der Waals surface area contributed by atoms with Crippen LogP contribution in [0.1, 0.15) is 0 Å². The molecular formula is C13H12FN3O2. The van der Waals surface area contributed by atoms with Gasteiger partial charge in [-0.15, -0.1) is 0 Å². The van der Waals surface area contributed by atoms with E-state index >= 15 is 0 Å². The number of rotatable bonds is 4. The van der Waals surface area contributed by atoms with Gasteiger partial charge in [0.05, 0.1) is 4.92 Å². The molecular weight excluding hydrogens is 249 g/mol. The van der Waals surface area contributed by atoms with Gasteiger partial charge >= 0.3 is 0 Å². The highest BCUT2D eigenvalue weighted by Gasteiger charge is 2.09. The Morgan fingerprint density at radius 3 is 2.47 bits per heavy atom. The zero-order valence-corrected chi connectivity index (χ0v) is 10.2. The highest BCUT2D eigenvalue weighted by Crippen LogP contribution is 2.26. The van der Waals surface area contributed by atoms with E-state index in [1.165, 1.54) is 24.3 Å². The van der Waals surface area contributed by atoms with Crippen LogP contribution in [0.2, 0.25) is 0 Å². The fraction of sp³-hybridized carbons (Fsp3) is 0.0769. The zero-order chi connectivity index (χ0) is 13.8. The lowest BCUT2D eigenvalue weighted by Crippen LogP contribution is -1.97. The number of non-ortho nitro benzene ring substituents is 1. The molecule has 2 rings (SSSR count). The Labute approximate surface area is 109 Å². The lowest BCUT2D eigenvalue weighted by molar-refractivity contribution is -0.384. The highest BCUT2D eigenvalue weighted by atomic mass is 19.1. The van der Waals surface area contributed by atoms with Gasteiger partial charge in [0.25, 0.3) is 5.69 Å². The summed E-state index contributed by atoms with van der Waals surface area (Å²) in [6.45, 7) is 0. The second-order valence-electron chi connectivity index (χ2n) is 3.91. The normalized spacial score (nSPS) is 10.0. The predicted molar refractivity (Wildman–Crippen MR) is 72.3 cm³/mol. The summed E-state index contributed by atoms with van der Waals surface area (Å²) >= 11 is 0. The lowest BCUT2D eigenvalue weighted by Gasteiger charge is -2.08. The molecule has 5 nitrogen and oxygen atoms in total. The minimum absolute atomic E-state index is 0.0363. The SMILES string of the molecule is CNc1cc(Nc2cccc(F)c2)cc([N+](=O)[O-])c1. The second-order valence-corrected chi connectivity index (χ2v) is 3.91. The molecule has 0 bridgehead atoms. The molecule has 19 heavy (non-hydrogen) atoms. The van der Waals surface area contributed by atoms with Crippen LogP contribution in [-0.2, 0) is 0 Å². The first kappa shape index (κ1) is 12.8. The van der Waals surface area contributed by atoms with Crippen molar-refractivity contribution in [2.45, 2.75) is 0 Å². The highest BCUT2D eigenvalue weighted by molar-refractivity contribution is 5.68. The van der Waals surface area contributed by atoms with Gasteiger partial charge in [-0.25, -0.2) is 4.39 Å².